The van der Waals surface area contributed by atoms with Crippen LogP contribution < -0.4 is 0 Å². The molecule has 0 bridgehead atoms. The fourth-order valence-electron chi connectivity index (χ4n) is 1.36. The molecule has 0 fully saturated rings. The van der Waals surface area contributed by atoms with Crippen molar-refractivity contribution in [3.05, 3.63) is 35.1 Å². The lowest BCUT2D eigenvalue weighted by molar-refractivity contribution is 0.570. The van der Waals surface area contributed by atoms with Crippen LogP contribution in [0.15, 0.2) is 34.3 Å². The van der Waals surface area contributed by atoms with Gasteiger partial charge >= 0.3 is 0 Å². The molecule has 1 N–H and O–H groups in total. The predicted molar refractivity (Wildman–Crippen MR) is 62.4 cm³/mol. The van der Waals surface area contributed by atoms with Gasteiger partial charge in [0.25, 0.3) is 0 Å². The number of H-pyrrole nitrogens is 1. The SMILES string of the molecule is Clc1occc1-c1n[nH]c(-c2cccs2)n1. The van der Waals surface area contributed by atoms with Gasteiger partial charge in [-0.25, -0.2) is 4.98 Å². The molecule has 4 nitrogen and oxygen atoms in total. The molecular formula is C10H6ClN3OS. The Balaban J connectivity index is 2.03. The summed E-state index contributed by atoms with van der Waals surface area (Å²) in [5, 5.41) is 9.27. The van der Waals surface area contributed by atoms with Crippen LogP contribution in [0.1, 0.15) is 0 Å². The normalized spacial score (nSPS) is 10.8. The van der Waals surface area contributed by atoms with E-state index in [1.54, 1.807) is 17.4 Å². The summed E-state index contributed by atoms with van der Waals surface area (Å²) >= 11 is 7.45. The molecule has 16 heavy (non-hydrogen) atoms. The molecule has 0 atom stereocenters. The van der Waals surface area contributed by atoms with Crippen molar-refractivity contribution in [1.29, 1.82) is 0 Å². The molecule has 0 aliphatic heterocycles. The minimum atomic E-state index is 0.303. The third kappa shape index (κ3) is 1.54. The number of furan rings is 1. The number of thiophene rings is 1. The lowest BCUT2D eigenvalue weighted by Gasteiger charge is -1.87. The number of hydrogen-bond acceptors (Lipinski definition) is 4. The zero-order valence-electron chi connectivity index (χ0n) is 7.98. The van der Waals surface area contributed by atoms with Crippen LogP contribution in [0.2, 0.25) is 5.22 Å². The van der Waals surface area contributed by atoms with Crippen LogP contribution in [0.25, 0.3) is 22.1 Å². The van der Waals surface area contributed by atoms with Gasteiger partial charge in [-0.15, -0.1) is 11.3 Å². The first-order valence-electron chi connectivity index (χ1n) is 4.54. The van der Waals surface area contributed by atoms with Crippen LogP contribution in [0.3, 0.4) is 0 Å². The fraction of sp³-hybridized carbons (Fsp3) is 0. The molecule has 0 radical (unpaired) electrons. The molecule has 6 heteroatoms. The van der Waals surface area contributed by atoms with E-state index < -0.39 is 0 Å². The summed E-state index contributed by atoms with van der Waals surface area (Å²) in [5.74, 6) is 1.28. The van der Waals surface area contributed by atoms with Crippen molar-refractivity contribution in [3.63, 3.8) is 0 Å². The quantitative estimate of drug-likeness (QED) is 0.759. The summed E-state index contributed by atoms with van der Waals surface area (Å²) in [7, 11) is 0. The van der Waals surface area contributed by atoms with Crippen LogP contribution in [0.5, 0.6) is 0 Å². The van der Waals surface area contributed by atoms with Crippen molar-refractivity contribution in [2.75, 3.05) is 0 Å². The number of nitrogens with one attached hydrogen (secondary N) is 1. The van der Waals surface area contributed by atoms with Crippen LogP contribution >= 0.6 is 22.9 Å². The largest absolute Gasteiger partial charge is 0.452 e. The van der Waals surface area contributed by atoms with Gasteiger partial charge < -0.3 is 4.42 Å². The van der Waals surface area contributed by atoms with Crippen LogP contribution in [-0.4, -0.2) is 15.2 Å². The van der Waals surface area contributed by atoms with Crippen LogP contribution in [-0.2, 0) is 0 Å². The van der Waals surface area contributed by atoms with E-state index in [4.69, 9.17) is 16.0 Å². The van der Waals surface area contributed by atoms with Gasteiger partial charge in [0.15, 0.2) is 11.6 Å². The molecule has 0 amide bonds. The number of aromatic nitrogens is 3. The lowest BCUT2D eigenvalue weighted by atomic mass is 10.3. The van der Waals surface area contributed by atoms with Gasteiger partial charge in [-0.3, -0.25) is 5.10 Å². The van der Waals surface area contributed by atoms with Gasteiger partial charge in [0.2, 0.25) is 5.22 Å². The second-order valence-electron chi connectivity index (χ2n) is 3.09. The molecule has 3 rings (SSSR count). The van der Waals surface area contributed by atoms with Gasteiger partial charge in [-0.1, -0.05) is 6.07 Å². The van der Waals surface area contributed by atoms with Crippen molar-refractivity contribution in [3.8, 4) is 22.1 Å². The van der Waals surface area contributed by atoms with E-state index in [0.717, 1.165) is 10.7 Å². The Morgan fingerprint density at radius 2 is 2.31 bits per heavy atom. The Kier molecular flexibility index (Phi) is 2.27. The fourth-order valence-corrected chi connectivity index (χ4v) is 2.22. The van der Waals surface area contributed by atoms with Gasteiger partial charge in [0, 0.05) is 0 Å². The Labute approximate surface area is 99.9 Å². The molecule has 80 valence electrons. The summed E-state index contributed by atoms with van der Waals surface area (Å²) in [6.45, 7) is 0. The average Bonchev–Trinajstić information content (AvgIpc) is 2.96. The molecule has 3 aromatic heterocycles. The van der Waals surface area contributed by atoms with Gasteiger partial charge in [-0.05, 0) is 29.1 Å². The maximum absolute atomic E-state index is 5.85. The molecule has 0 spiro atoms. The number of hydrogen-bond donors (Lipinski definition) is 1. The molecular weight excluding hydrogens is 246 g/mol. The first-order chi connectivity index (χ1) is 7.84. The molecule has 3 heterocycles. The monoisotopic (exact) mass is 251 g/mol. The van der Waals surface area contributed by atoms with Crippen LogP contribution in [0, 0.1) is 0 Å². The summed E-state index contributed by atoms with van der Waals surface area (Å²) in [6, 6.07) is 5.68. The highest BCUT2D eigenvalue weighted by atomic mass is 35.5. The molecule has 0 aliphatic rings. The summed E-state index contributed by atoms with van der Waals surface area (Å²) in [6.07, 6.45) is 1.51. The number of nitrogens with zero attached hydrogens (tertiary/aromatic N) is 2. The molecule has 3 aromatic rings. The van der Waals surface area contributed by atoms with Crippen molar-refractivity contribution in [1.82, 2.24) is 15.2 Å². The zero-order valence-corrected chi connectivity index (χ0v) is 9.55. The molecule has 0 unspecified atom stereocenters. The van der Waals surface area contributed by atoms with Crippen molar-refractivity contribution < 1.29 is 4.42 Å². The first-order valence-corrected chi connectivity index (χ1v) is 5.80. The Hall–Kier alpha value is -1.59. The Morgan fingerprint density at radius 3 is 3.00 bits per heavy atom. The van der Waals surface area contributed by atoms with E-state index in [9.17, 15) is 0 Å². The molecule has 0 saturated heterocycles. The Morgan fingerprint density at radius 1 is 1.38 bits per heavy atom. The topological polar surface area (TPSA) is 54.7 Å². The highest BCUT2D eigenvalue weighted by molar-refractivity contribution is 7.13. The average molecular weight is 252 g/mol. The number of halogens is 1. The summed E-state index contributed by atoms with van der Waals surface area (Å²) in [5.41, 5.74) is 0.695. The second kappa shape index (κ2) is 3.77. The van der Waals surface area contributed by atoms with Crippen molar-refractivity contribution >= 4 is 22.9 Å². The number of rotatable bonds is 2. The summed E-state index contributed by atoms with van der Waals surface area (Å²) in [4.78, 5) is 5.40. The maximum atomic E-state index is 5.85. The van der Waals surface area contributed by atoms with E-state index in [-0.39, 0.29) is 0 Å². The van der Waals surface area contributed by atoms with Gasteiger partial charge in [0.05, 0.1) is 16.7 Å². The third-order valence-electron chi connectivity index (χ3n) is 2.10. The summed E-state index contributed by atoms with van der Waals surface area (Å²) < 4.78 is 4.99. The van der Waals surface area contributed by atoms with E-state index >= 15 is 0 Å². The smallest absolute Gasteiger partial charge is 0.204 e. The van der Waals surface area contributed by atoms with E-state index in [1.165, 1.54) is 6.26 Å². The second-order valence-corrected chi connectivity index (χ2v) is 4.38. The van der Waals surface area contributed by atoms with E-state index in [2.05, 4.69) is 15.2 Å². The molecule has 0 aliphatic carbocycles. The van der Waals surface area contributed by atoms with E-state index in [0.29, 0.717) is 16.6 Å². The van der Waals surface area contributed by atoms with Crippen LogP contribution in [0.4, 0.5) is 0 Å². The standard InChI is InChI=1S/C10H6ClN3OS/c11-8-6(3-4-15-8)9-12-10(14-13-9)7-2-1-5-16-7/h1-5H,(H,12,13,14). The maximum Gasteiger partial charge on any atom is 0.204 e. The minimum Gasteiger partial charge on any atom is -0.452 e. The highest BCUT2D eigenvalue weighted by Gasteiger charge is 2.12. The first kappa shape index (κ1) is 9.62. The zero-order chi connectivity index (χ0) is 11.0. The predicted octanol–water partition coefficient (Wildman–Crippen LogP) is 3.45. The van der Waals surface area contributed by atoms with Gasteiger partial charge in [-0.2, -0.15) is 5.10 Å². The number of aromatic amines is 1. The van der Waals surface area contributed by atoms with Crippen molar-refractivity contribution in [2.24, 2.45) is 0 Å². The minimum absolute atomic E-state index is 0.303. The molecule has 0 saturated carbocycles. The van der Waals surface area contributed by atoms with E-state index in [1.807, 2.05) is 17.5 Å². The highest BCUT2D eigenvalue weighted by Crippen LogP contribution is 2.28. The Bertz CT molecular complexity index is 599. The molecule has 0 aromatic carbocycles. The lowest BCUT2D eigenvalue weighted by Crippen LogP contribution is -1.77. The van der Waals surface area contributed by atoms with Crippen molar-refractivity contribution in [2.45, 2.75) is 0 Å². The van der Waals surface area contributed by atoms with Gasteiger partial charge in [0.1, 0.15) is 0 Å². The third-order valence-corrected chi connectivity index (χ3v) is 3.27.